The van der Waals surface area contributed by atoms with E-state index in [0.29, 0.717) is 12.0 Å². The van der Waals surface area contributed by atoms with Crippen LogP contribution in [-0.4, -0.2) is 32.8 Å². The van der Waals surface area contributed by atoms with Crippen molar-refractivity contribution in [2.45, 2.75) is 6.04 Å². The monoisotopic (exact) mass is 238 g/mol. The van der Waals surface area contributed by atoms with Crippen molar-refractivity contribution in [1.29, 1.82) is 0 Å². The number of anilines is 2. The number of benzene rings is 1. The van der Waals surface area contributed by atoms with Gasteiger partial charge in [-0.05, 0) is 18.2 Å². The van der Waals surface area contributed by atoms with E-state index in [2.05, 4.69) is 23.3 Å². The summed E-state index contributed by atoms with van der Waals surface area (Å²) in [7, 11) is 2.12. The molecule has 0 amide bonds. The van der Waals surface area contributed by atoms with Crippen LogP contribution < -0.4 is 10.2 Å². The SMILES string of the molecule is CN1c2cc(Cl)ccc2NCC2COCC21. The highest BCUT2D eigenvalue weighted by molar-refractivity contribution is 6.31. The fourth-order valence-corrected chi connectivity index (χ4v) is 2.74. The first-order valence-corrected chi connectivity index (χ1v) is 5.97. The van der Waals surface area contributed by atoms with Crippen LogP contribution >= 0.6 is 11.6 Å². The standard InChI is InChI=1S/C12H15ClN2O/c1-15-11-4-9(13)2-3-10(11)14-5-8-6-16-7-12(8)15/h2-4,8,12,14H,5-7H2,1H3. The lowest BCUT2D eigenvalue weighted by atomic mass is 10.0. The Balaban J connectivity index is 2.02. The van der Waals surface area contributed by atoms with Crippen LogP contribution in [0.25, 0.3) is 0 Å². The van der Waals surface area contributed by atoms with Crippen LogP contribution in [0.3, 0.4) is 0 Å². The van der Waals surface area contributed by atoms with Crippen LogP contribution in [-0.2, 0) is 4.74 Å². The molecule has 1 saturated heterocycles. The molecule has 2 aliphatic rings. The van der Waals surface area contributed by atoms with Gasteiger partial charge in [-0.25, -0.2) is 0 Å². The van der Waals surface area contributed by atoms with E-state index < -0.39 is 0 Å². The third-order valence-corrected chi connectivity index (χ3v) is 3.79. The maximum atomic E-state index is 6.05. The highest BCUT2D eigenvalue weighted by atomic mass is 35.5. The molecule has 0 saturated carbocycles. The molecule has 1 N–H and O–H groups in total. The second-order valence-corrected chi connectivity index (χ2v) is 4.95. The molecule has 2 heterocycles. The number of ether oxygens (including phenoxy) is 1. The van der Waals surface area contributed by atoms with Gasteiger partial charge in [0.2, 0.25) is 0 Å². The Hall–Kier alpha value is -0.930. The Morgan fingerprint density at radius 3 is 3.19 bits per heavy atom. The molecule has 3 nitrogen and oxygen atoms in total. The van der Waals surface area contributed by atoms with E-state index in [-0.39, 0.29) is 0 Å². The minimum atomic E-state index is 0.465. The van der Waals surface area contributed by atoms with Crippen LogP contribution in [0.15, 0.2) is 18.2 Å². The molecule has 2 aliphatic heterocycles. The molecule has 1 fully saturated rings. The minimum Gasteiger partial charge on any atom is -0.383 e. The van der Waals surface area contributed by atoms with Gasteiger partial charge < -0.3 is 15.0 Å². The van der Waals surface area contributed by atoms with Crippen LogP contribution in [0.1, 0.15) is 0 Å². The van der Waals surface area contributed by atoms with E-state index in [1.165, 1.54) is 11.4 Å². The number of nitrogens with one attached hydrogen (secondary N) is 1. The van der Waals surface area contributed by atoms with Crippen molar-refractivity contribution in [2.75, 3.05) is 37.0 Å². The summed E-state index contributed by atoms with van der Waals surface area (Å²) in [4.78, 5) is 2.29. The summed E-state index contributed by atoms with van der Waals surface area (Å²) in [5, 5.41) is 4.26. The van der Waals surface area contributed by atoms with Crippen molar-refractivity contribution in [1.82, 2.24) is 0 Å². The molecule has 86 valence electrons. The summed E-state index contributed by atoms with van der Waals surface area (Å²) in [5.41, 5.74) is 2.34. The third kappa shape index (κ3) is 1.55. The minimum absolute atomic E-state index is 0.465. The topological polar surface area (TPSA) is 24.5 Å². The fourth-order valence-electron chi connectivity index (χ4n) is 2.58. The van der Waals surface area contributed by atoms with Crippen LogP contribution in [0.4, 0.5) is 11.4 Å². The molecule has 0 aliphatic carbocycles. The highest BCUT2D eigenvalue weighted by Gasteiger charge is 2.34. The van der Waals surface area contributed by atoms with Gasteiger partial charge in [0.1, 0.15) is 0 Å². The smallest absolute Gasteiger partial charge is 0.0674 e. The lowest BCUT2D eigenvalue weighted by Crippen LogP contribution is -2.37. The van der Waals surface area contributed by atoms with Gasteiger partial charge in [-0.15, -0.1) is 0 Å². The molecule has 4 heteroatoms. The zero-order valence-electron chi connectivity index (χ0n) is 9.24. The summed E-state index contributed by atoms with van der Waals surface area (Å²) < 4.78 is 5.55. The van der Waals surface area contributed by atoms with Gasteiger partial charge in [0, 0.05) is 24.5 Å². The molecule has 2 unspecified atom stereocenters. The van der Waals surface area contributed by atoms with Crippen molar-refractivity contribution < 1.29 is 4.74 Å². The summed E-state index contributed by atoms with van der Waals surface area (Å²) in [5.74, 6) is 0.566. The molecule has 0 radical (unpaired) electrons. The summed E-state index contributed by atoms with van der Waals surface area (Å²) in [6, 6.07) is 6.46. The number of hydrogen-bond acceptors (Lipinski definition) is 3. The highest BCUT2D eigenvalue weighted by Crippen LogP contribution is 2.35. The Morgan fingerprint density at radius 2 is 2.31 bits per heavy atom. The van der Waals surface area contributed by atoms with E-state index >= 15 is 0 Å². The molecular formula is C12H15ClN2O. The van der Waals surface area contributed by atoms with Gasteiger partial charge in [0.05, 0.1) is 30.6 Å². The van der Waals surface area contributed by atoms with Crippen LogP contribution in [0.5, 0.6) is 0 Å². The van der Waals surface area contributed by atoms with Gasteiger partial charge in [-0.2, -0.15) is 0 Å². The summed E-state index contributed by atoms with van der Waals surface area (Å²) in [6.45, 7) is 2.64. The van der Waals surface area contributed by atoms with Crippen molar-refractivity contribution in [3.8, 4) is 0 Å². The molecule has 0 bridgehead atoms. The van der Waals surface area contributed by atoms with Gasteiger partial charge in [0.15, 0.2) is 0 Å². The van der Waals surface area contributed by atoms with E-state index in [9.17, 15) is 0 Å². The van der Waals surface area contributed by atoms with Gasteiger partial charge >= 0.3 is 0 Å². The molecular weight excluding hydrogens is 224 g/mol. The van der Waals surface area contributed by atoms with Gasteiger partial charge in [0.25, 0.3) is 0 Å². The normalized spacial score (nSPS) is 28.0. The zero-order chi connectivity index (χ0) is 11.1. The zero-order valence-corrected chi connectivity index (χ0v) is 10.00. The molecule has 0 aromatic heterocycles. The molecule has 2 atom stereocenters. The number of halogens is 1. The molecule has 3 rings (SSSR count). The lowest BCUT2D eigenvalue weighted by Gasteiger charge is -2.27. The maximum Gasteiger partial charge on any atom is 0.0674 e. The molecule has 1 aromatic carbocycles. The second-order valence-electron chi connectivity index (χ2n) is 4.52. The van der Waals surface area contributed by atoms with Gasteiger partial charge in [-0.1, -0.05) is 11.6 Å². The largest absolute Gasteiger partial charge is 0.383 e. The van der Waals surface area contributed by atoms with E-state index in [1.54, 1.807) is 0 Å². The third-order valence-electron chi connectivity index (χ3n) is 3.56. The van der Waals surface area contributed by atoms with E-state index in [4.69, 9.17) is 16.3 Å². The first-order chi connectivity index (χ1) is 7.75. The first kappa shape index (κ1) is 10.2. The van der Waals surface area contributed by atoms with E-state index in [0.717, 1.165) is 24.8 Å². The maximum absolute atomic E-state index is 6.05. The summed E-state index contributed by atoms with van der Waals surface area (Å²) >= 11 is 6.05. The number of fused-ring (bicyclic) bond motifs is 2. The lowest BCUT2D eigenvalue weighted by molar-refractivity contribution is 0.185. The van der Waals surface area contributed by atoms with Crippen molar-refractivity contribution >= 4 is 23.0 Å². The average Bonchev–Trinajstić information content (AvgIpc) is 2.70. The number of likely N-dealkylation sites (N-methyl/N-ethyl adjacent to an activating group) is 1. The predicted molar refractivity (Wildman–Crippen MR) is 66.4 cm³/mol. The predicted octanol–water partition coefficient (Wildman–Crippen LogP) is 2.22. The Kier molecular flexibility index (Phi) is 2.45. The van der Waals surface area contributed by atoms with Crippen LogP contribution in [0.2, 0.25) is 5.02 Å². The number of nitrogens with zero attached hydrogens (tertiary/aromatic N) is 1. The van der Waals surface area contributed by atoms with E-state index in [1.807, 2.05) is 12.1 Å². The number of hydrogen-bond donors (Lipinski definition) is 1. The molecule has 0 spiro atoms. The molecule has 1 aromatic rings. The van der Waals surface area contributed by atoms with Crippen molar-refractivity contribution in [2.24, 2.45) is 5.92 Å². The first-order valence-electron chi connectivity index (χ1n) is 5.60. The Morgan fingerprint density at radius 1 is 1.44 bits per heavy atom. The fraction of sp³-hybridized carbons (Fsp3) is 0.500. The van der Waals surface area contributed by atoms with Crippen molar-refractivity contribution in [3.63, 3.8) is 0 Å². The van der Waals surface area contributed by atoms with Crippen LogP contribution in [0, 0.1) is 5.92 Å². The number of rotatable bonds is 0. The Bertz CT molecular complexity index is 410. The molecule has 16 heavy (non-hydrogen) atoms. The van der Waals surface area contributed by atoms with Gasteiger partial charge in [-0.3, -0.25) is 0 Å². The quantitative estimate of drug-likeness (QED) is 0.750. The summed E-state index contributed by atoms with van der Waals surface area (Å²) in [6.07, 6.45) is 0. The van der Waals surface area contributed by atoms with Crippen molar-refractivity contribution in [3.05, 3.63) is 23.2 Å². The Labute approximate surface area is 100 Å². The average molecular weight is 239 g/mol. The second kappa shape index (κ2) is 3.82.